The van der Waals surface area contributed by atoms with E-state index in [1.54, 1.807) is 0 Å². The molecular weight excluding hydrogens is 713 g/mol. The maximum absolute atomic E-state index is 16.6. The van der Waals surface area contributed by atoms with E-state index in [-0.39, 0.29) is 24.3 Å². The Morgan fingerprint density at radius 3 is 1.80 bits per heavy atom. The van der Waals surface area contributed by atoms with Gasteiger partial charge in [0.05, 0.1) is 31.2 Å². The molecule has 0 spiro atoms. The van der Waals surface area contributed by atoms with Crippen LogP contribution in [-0.4, -0.2) is 27.2 Å². The van der Waals surface area contributed by atoms with Crippen LogP contribution in [0, 0.1) is 6.92 Å². The lowest BCUT2D eigenvalue weighted by atomic mass is 9.89. The second kappa shape index (κ2) is 14.7. The van der Waals surface area contributed by atoms with E-state index in [1.165, 1.54) is 32.7 Å². The molecule has 1 aliphatic heterocycles. The van der Waals surface area contributed by atoms with E-state index in [4.69, 9.17) is 0 Å². The smallest absolute Gasteiger partial charge is 0.184 e. The SMILES string of the molecule is Cc1ccccc1[C@@H](CC(=O)c1ccc(Br)cc1)N[P+]1([O-])N(Cc2cccc3ccccc23)[C@@H]2CCCC[C@H]2N1Cc1cccc2ccccc12. The molecule has 0 amide bonds. The zero-order chi connectivity index (χ0) is 35.0. The summed E-state index contributed by atoms with van der Waals surface area (Å²) in [5.74, 6) is 0.0210. The summed E-state index contributed by atoms with van der Waals surface area (Å²) < 4.78 is 5.57. The summed E-state index contributed by atoms with van der Waals surface area (Å²) in [7, 11) is -3.52. The second-order valence-corrected chi connectivity index (χ2v) is 17.4. The Kier molecular flexibility index (Phi) is 9.91. The number of Topliss-reactive ketones (excluding diaryl/α,β-unsaturated/α-hetero) is 1. The molecule has 258 valence electrons. The zero-order valence-corrected chi connectivity index (χ0v) is 31.4. The van der Waals surface area contributed by atoms with Crippen LogP contribution in [0.5, 0.6) is 0 Å². The normalized spacial score (nSPS) is 19.7. The molecule has 1 saturated carbocycles. The Morgan fingerprint density at radius 2 is 1.24 bits per heavy atom. The van der Waals surface area contributed by atoms with Gasteiger partial charge >= 0.3 is 0 Å². The number of carbonyl (C=O) groups is 1. The van der Waals surface area contributed by atoms with Crippen LogP contribution >= 0.6 is 23.9 Å². The van der Waals surface area contributed by atoms with Crippen molar-refractivity contribution in [1.82, 2.24) is 14.4 Å². The van der Waals surface area contributed by atoms with Gasteiger partial charge in [-0.3, -0.25) is 4.79 Å². The molecule has 0 radical (unpaired) electrons. The summed E-state index contributed by atoms with van der Waals surface area (Å²) in [5, 5.41) is 8.57. The van der Waals surface area contributed by atoms with Crippen LogP contribution in [0.25, 0.3) is 21.5 Å². The van der Waals surface area contributed by atoms with Gasteiger partial charge in [0.25, 0.3) is 0 Å². The number of hydrogen-bond donors (Lipinski definition) is 1. The summed E-state index contributed by atoms with van der Waals surface area (Å²) in [4.78, 5) is 30.6. The number of rotatable bonds is 10. The second-order valence-electron chi connectivity index (χ2n) is 14.1. The summed E-state index contributed by atoms with van der Waals surface area (Å²) in [5.41, 5.74) is 5.07. The van der Waals surface area contributed by atoms with Crippen LogP contribution in [0.1, 0.15) is 70.8 Å². The van der Waals surface area contributed by atoms with Gasteiger partial charge in [-0.2, -0.15) is 5.09 Å². The lowest BCUT2D eigenvalue weighted by Gasteiger charge is -2.43. The minimum atomic E-state index is -3.52. The summed E-state index contributed by atoms with van der Waals surface area (Å²) in [6.07, 6.45) is 4.38. The van der Waals surface area contributed by atoms with E-state index >= 15 is 4.89 Å². The molecule has 0 bridgehead atoms. The lowest BCUT2D eigenvalue weighted by Crippen LogP contribution is -2.45. The number of carbonyl (C=O) groups excluding carboxylic acids is 1. The summed E-state index contributed by atoms with van der Waals surface area (Å²) in [6.45, 7) is 3.19. The topological polar surface area (TPSA) is 58.6 Å². The molecular formula is C44H43BrN3O2P. The van der Waals surface area contributed by atoms with Gasteiger partial charge in [0.2, 0.25) is 0 Å². The van der Waals surface area contributed by atoms with Crippen molar-refractivity contribution in [3.8, 4) is 0 Å². The zero-order valence-electron chi connectivity index (χ0n) is 28.9. The van der Waals surface area contributed by atoms with Gasteiger partial charge in [-0.15, -0.1) is 9.34 Å². The minimum absolute atomic E-state index is 0.0210. The fourth-order valence-corrected chi connectivity index (χ4v) is 12.0. The van der Waals surface area contributed by atoms with Crippen molar-refractivity contribution >= 4 is 51.2 Å². The number of halogens is 1. The first-order valence-electron chi connectivity index (χ1n) is 18.1. The van der Waals surface area contributed by atoms with Gasteiger partial charge in [-0.25, -0.2) is 0 Å². The third-order valence-electron chi connectivity index (χ3n) is 11.0. The Balaban J connectivity index is 1.26. The Morgan fingerprint density at radius 1 is 0.725 bits per heavy atom. The maximum atomic E-state index is 16.6. The van der Waals surface area contributed by atoms with Crippen LogP contribution in [0.2, 0.25) is 0 Å². The average Bonchev–Trinajstić information content (AvgIpc) is 3.38. The Bertz CT molecular complexity index is 2080. The molecule has 1 heterocycles. The quantitative estimate of drug-likeness (QED) is 0.111. The molecule has 1 N–H and O–H groups in total. The monoisotopic (exact) mass is 755 g/mol. The van der Waals surface area contributed by atoms with Gasteiger partial charge < -0.3 is 4.89 Å². The minimum Gasteiger partial charge on any atom is -0.636 e. The molecule has 2 fully saturated rings. The average molecular weight is 757 g/mol. The highest BCUT2D eigenvalue weighted by Crippen LogP contribution is 2.66. The number of nitrogens with one attached hydrogen (secondary N) is 1. The first kappa shape index (κ1) is 34.4. The highest BCUT2D eigenvalue weighted by molar-refractivity contribution is 9.10. The number of fused-ring (bicyclic) bond motifs is 3. The van der Waals surface area contributed by atoms with Crippen LogP contribution < -0.4 is 9.98 Å². The van der Waals surface area contributed by atoms with Gasteiger partial charge in [0.1, 0.15) is 0 Å². The van der Waals surface area contributed by atoms with Crippen LogP contribution in [0.3, 0.4) is 0 Å². The molecule has 1 aliphatic carbocycles. The molecule has 6 aromatic carbocycles. The van der Waals surface area contributed by atoms with Gasteiger partial charge in [-0.05, 0) is 75.7 Å². The number of nitrogens with zero attached hydrogens (tertiary/aromatic N) is 2. The van der Waals surface area contributed by atoms with Crippen LogP contribution in [0.15, 0.2) is 138 Å². The first-order chi connectivity index (χ1) is 24.9. The van der Waals surface area contributed by atoms with E-state index in [0.29, 0.717) is 18.7 Å². The Hall–Kier alpha value is -3.74. The van der Waals surface area contributed by atoms with Gasteiger partial charge in [0.15, 0.2) is 13.7 Å². The van der Waals surface area contributed by atoms with Crippen molar-refractivity contribution in [2.45, 2.75) is 70.2 Å². The van der Waals surface area contributed by atoms with Crippen molar-refractivity contribution < 1.29 is 9.69 Å². The summed E-state index contributed by atoms with van der Waals surface area (Å²) >= 11 is 3.51. The van der Waals surface area contributed by atoms with E-state index in [2.05, 4.69) is 134 Å². The molecule has 8 rings (SSSR count). The van der Waals surface area contributed by atoms with Crippen molar-refractivity contribution in [2.24, 2.45) is 0 Å². The van der Waals surface area contributed by atoms with E-state index in [9.17, 15) is 4.79 Å². The first-order valence-corrected chi connectivity index (χ1v) is 20.5. The lowest BCUT2D eigenvalue weighted by molar-refractivity contribution is -0.196. The molecule has 7 heteroatoms. The number of aryl methyl sites for hydroxylation is 1. The molecule has 3 atom stereocenters. The van der Waals surface area contributed by atoms with E-state index in [1.807, 2.05) is 36.4 Å². The number of ketones is 1. The van der Waals surface area contributed by atoms with Crippen molar-refractivity contribution in [3.05, 3.63) is 166 Å². The third kappa shape index (κ3) is 6.82. The molecule has 51 heavy (non-hydrogen) atoms. The van der Waals surface area contributed by atoms with Gasteiger partial charge in [0, 0.05) is 16.5 Å². The number of hydrogen-bond acceptors (Lipinski definition) is 5. The molecule has 1 saturated heterocycles. The van der Waals surface area contributed by atoms with E-state index < -0.39 is 14.0 Å². The highest BCUT2D eigenvalue weighted by atomic mass is 79.9. The Labute approximate surface area is 310 Å². The van der Waals surface area contributed by atoms with Crippen LogP contribution in [-0.2, 0) is 13.1 Å². The molecule has 2 aliphatic rings. The van der Waals surface area contributed by atoms with Gasteiger partial charge in [-0.1, -0.05) is 150 Å². The van der Waals surface area contributed by atoms with Crippen molar-refractivity contribution in [1.29, 1.82) is 0 Å². The molecule has 6 aromatic rings. The fraction of sp³-hybridized carbons (Fsp3) is 0.250. The summed E-state index contributed by atoms with van der Waals surface area (Å²) in [6, 6.07) is 45.4. The fourth-order valence-electron chi connectivity index (χ4n) is 8.47. The van der Waals surface area contributed by atoms with Crippen molar-refractivity contribution in [2.75, 3.05) is 0 Å². The van der Waals surface area contributed by atoms with Crippen LogP contribution in [0.4, 0.5) is 0 Å². The largest absolute Gasteiger partial charge is 0.636 e. The standard InChI is InChI=1S/C44H43BrN3O2P/c1-31-12-2-5-19-38(31)41(28-44(49)34-24-26-37(45)27-25-34)46-51(50)47(29-35-17-10-15-32-13-3-6-20-39(32)35)42-22-8-9-23-43(42)48(51)30-36-18-11-16-33-14-4-7-21-40(33)36/h2-7,10-21,24-27,41-43H,8-9,22-23,28-30H2,1H3,(H,46,50)/t41-,42-,43-/m1/s1. The molecule has 0 unspecified atom stereocenters. The third-order valence-corrected chi connectivity index (χ3v) is 14.5. The number of benzene rings is 6. The van der Waals surface area contributed by atoms with Crippen molar-refractivity contribution in [3.63, 3.8) is 0 Å². The predicted molar refractivity (Wildman–Crippen MR) is 212 cm³/mol. The van der Waals surface area contributed by atoms with E-state index in [0.717, 1.165) is 41.3 Å². The predicted octanol–water partition coefficient (Wildman–Crippen LogP) is 10.3. The molecule has 5 nitrogen and oxygen atoms in total. The highest BCUT2D eigenvalue weighted by Gasteiger charge is 2.60. The maximum Gasteiger partial charge on any atom is 0.184 e. The molecule has 0 aromatic heterocycles.